The highest BCUT2D eigenvalue weighted by atomic mass is 79.9. The Morgan fingerprint density at radius 2 is 1.84 bits per heavy atom. The zero-order chi connectivity index (χ0) is 18.4. The Bertz CT molecular complexity index is 760. The molecule has 0 bridgehead atoms. The number of hydrogen-bond acceptors (Lipinski definition) is 3. The summed E-state index contributed by atoms with van der Waals surface area (Å²) in [5.41, 5.74) is 2.23. The fraction of sp³-hybridized carbons (Fsp3) is 0.300. The molecule has 0 aliphatic rings. The SMILES string of the molecule is CC[C@H](C)c1ccccc1NC(=O)[C@@H](C)OC(=O)c1cccc(Br)c1. The number of esters is 1. The molecule has 5 heteroatoms. The second-order valence-electron chi connectivity index (χ2n) is 5.94. The van der Waals surface area contributed by atoms with E-state index in [0.29, 0.717) is 11.5 Å². The van der Waals surface area contributed by atoms with Gasteiger partial charge in [-0.15, -0.1) is 0 Å². The lowest BCUT2D eigenvalue weighted by molar-refractivity contribution is -0.123. The van der Waals surface area contributed by atoms with Crippen molar-refractivity contribution in [3.63, 3.8) is 0 Å². The Morgan fingerprint density at radius 3 is 2.52 bits per heavy atom. The van der Waals surface area contributed by atoms with Crippen LogP contribution in [0.4, 0.5) is 5.69 Å². The summed E-state index contributed by atoms with van der Waals surface area (Å²) in [6.45, 7) is 5.78. The molecule has 2 rings (SSSR count). The molecule has 0 unspecified atom stereocenters. The third-order valence-corrected chi connectivity index (χ3v) is 4.57. The summed E-state index contributed by atoms with van der Waals surface area (Å²) in [6.07, 6.45) is 0.0804. The summed E-state index contributed by atoms with van der Waals surface area (Å²) in [5, 5.41) is 2.87. The Labute approximate surface area is 156 Å². The number of benzene rings is 2. The summed E-state index contributed by atoms with van der Waals surface area (Å²) in [4.78, 5) is 24.6. The number of hydrogen-bond donors (Lipinski definition) is 1. The number of rotatable bonds is 6. The summed E-state index contributed by atoms with van der Waals surface area (Å²) in [5.74, 6) is -0.547. The highest BCUT2D eigenvalue weighted by molar-refractivity contribution is 9.10. The van der Waals surface area contributed by atoms with E-state index in [1.165, 1.54) is 0 Å². The van der Waals surface area contributed by atoms with Crippen molar-refractivity contribution >= 4 is 33.5 Å². The smallest absolute Gasteiger partial charge is 0.338 e. The molecule has 0 saturated carbocycles. The van der Waals surface area contributed by atoms with E-state index in [1.807, 2.05) is 30.3 Å². The largest absolute Gasteiger partial charge is 0.449 e. The van der Waals surface area contributed by atoms with Crippen LogP contribution in [0.5, 0.6) is 0 Å². The van der Waals surface area contributed by atoms with Crippen LogP contribution in [-0.2, 0) is 9.53 Å². The normalized spacial score (nSPS) is 13.0. The lowest BCUT2D eigenvalue weighted by Crippen LogP contribution is -2.30. The third kappa shape index (κ3) is 5.16. The number of nitrogens with one attached hydrogen (secondary N) is 1. The fourth-order valence-electron chi connectivity index (χ4n) is 2.39. The Morgan fingerprint density at radius 1 is 1.12 bits per heavy atom. The average Bonchev–Trinajstić information content (AvgIpc) is 2.61. The van der Waals surface area contributed by atoms with E-state index in [4.69, 9.17) is 4.74 Å². The van der Waals surface area contributed by atoms with Crippen LogP contribution in [0.1, 0.15) is 49.0 Å². The zero-order valence-electron chi connectivity index (χ0n) is 14.6. The highest BCUT2D eigenvalue weighted by Crippen LogP contribution is 2.26. The Kier molecular flexibility index (Phi) is 6.76. The fourth-order valence-corrected chi connectivity index (χ4v) is 2.79. The number of ether oxygens (including phenoxy) is 1. The van der Waals surface area contributed by atoms with Gasteiger partial charge in [-0.05, 0) is 49.1 Å². The molecule has 0 saturated heterocycles. The highest BCUT2D eigenvalue weighted by Gasteiger charge is 2.20. The Hall–Kier alpha value is -2.14. The van der Waals surface area contributed by atoms with E-state index >= 15 is 0 Å². The van der Waals surface area contributed by atoms with Crippen molar-refractivity contribution in [1.29, 1.82) is 0 Å². The van der Waals surface area contributed by atoms with Crippen LogP contribution in [0.3, 0.4) is 0 Å². The molecule has 2 aromatic rings. The number of para-hydroxylation sites is 1. The summed E-state index contributed by atoms with van der Waals surface area (Å²) in [7, 11) is 0. The topological polar surface area (TPSA) is 55.4 Å². The summed E-state index contributed by atoms with van der Waals surface area (Å²) < 4.78 is 6.06. The molecule has 0 fully saturated rings. The third-order valence-electron chi connectivity index (χ3n) is 4.08. The second-order valence-corrected chi connectivity index (χ2v) is 6.86. The van der Waals surface area contributed by atoms with Crippen molar-refractivity contribution in [2.75, 3.05) is 5.32 Å². The van der Waals surface area contributed by atoms with Gasteiger partial charge in [-0.2, -0.15) is 0 Å². The van der Waals surface area contributed by atoms with Crippen LogP contribution < -0.4 is 5.32 Å². The first-order valence-electron chi connectivity index (χ1n) is 8.28. The van der Waals surface area contributed by atoms with Gasteiger partial charge >= 0.3 is 5.97 Å². The molecular weight excluding hydrogens is 382 g/mol. The van der Waals surface area contributed by atoms with Gasteiger partial charge in [0.15, 0.2) is 6.10 Å². The monoisotopic (exact) mass is 403 g/mol. The molecule has 2 aromatic carbocycles. The molecule has 4 nitrogen and oxygen atoms in total. The average molecular weight is 404 g/mol. The van der Waals surface area contributed by atoms with Crippen molar-refractivity contribution in [3.8, 4) is 0 Å². The number of carbonyl (C=O) groups excluding carboxylic acids is 2. The molecule has 0 aliphatic carbocycles. The molecule has 2 atom stereocenters. The maximum Gasteiger partial charge on any atom is 0.338 e. The summed E-state index contributed by atoms with van der Waals surface area (Å²) >= 11 is 3.31. The zero-order valence-corrected chi connectivity index (χ0v) is 16.2. The van der Waals surface area contributed by atoms with Crippen molar-refractivity contribution < 1.29 is 14.3 Å². The lowest BCUT2D eigenvalue weighted by atomic mass is 9.97. The van der Waals surface area contributed by atoms with Gasteiger partial charge in [0.1, 0.15) is 0 Å². The van der Waals surface area contributed by atoms with E-state index in [0.717, 1.165) is 22.1 Å². The van der Waals surface area contributed by atoms with Crippen LogP contribution in [-0.4, -0.2) is 18.0 Å². The maximum absolute atomic E-state index is 12.4. The van der Waals surface area contributed by atoms with Crippen molar-refractivity contribution in [1.82, 2.24) is 0 Å². The molecule has 0 heterocycles. The van der Waals surface area contributed by atoms with Crippen LogP contribution in [0.2, 0.25) is 0 Å². The van der Waals surface area contributed by atoms with Gasteiger partial charge in [0.05, 0.1) is 5.56 Å². The van der Waals surface area contributed by atoms with Gasteiger partial charge in [0, 0.05) is 10.2 Å². The van der Waals surface area contributed by atoms with Crippen LogP contribution in [0, 0.1) is 0 Å². The number of anilines is 1. The minimum absolute atomic E-state index is 0.330. The van der Waals surface area contributed by atoms with Crippen molar-refractivity contribution in [3.05, 3.63) is 64.1 Å². The number of carbonyl (C=O) groups is 2. The Balaban J connectivity index is 2.05. The lowest BCUT2D eigenvalue weighted by Gasteiger charge is -2.18. The molecule has 0 aromatic heterocycles. The standard InChI is InChI=1S/C20H22BrNO3/c1-4-13(2)17-10-5-6-11-18(17)22-19(23)14(3)25-20(24)15-8-7-9-16(21)12-15/h5-14H,4H2,1-3H3,(H,22,23)/t13-,14+/m0/s1. The van der Waals surface area contributed by atoms with Crippen LogP contribution >= 0.6 is 15.9 Å². The van der Waals surface area contributed by atoms with E-state index in [1.54, 1.807) is 25.1 Å². The number of halogens is 1. The van der Waals surface area contributed by atoms with Gasteiger partial charge in [-0.1, -0.05) is 54.0 Å². The van der Waals surface area contributed by atoms with E-state index < -0.39 is 12.1 Å². The molecular formula is C20H22BrNO3. The quantitative estimate of drug-likeness (QED) is 0.678. The molecule has 25 heavy (non-hydrogen) atoms. The van der Waals surface area contributed by atoms with Gasteiger partial charge in [0.25, 0.3) is 5.91 Å². The van der Waals surface area contributed by atoms with Crippen molar-refractivity contribution in [2.45, 2.75) is 39.2 Å². The molecule has 0 spiro atoms. The maximum atomic E-state index is 12.4. The minimum Gasteiger partial charge on any atom is -0.449 e. The minimum atomic E-state index is -0.892. The molecule has 0 aliphatic heterocycles. The first kappa shape index (κ1) is 19.2. The predicted molar refractivity (Wildman–Crippen MR) is 103 cm³/mol. The molecule has 1 amide bonds. The number of amides is 1. The van der Waals surface area contributed by atoms with Gasteiger partial charge in [-0.25, -0.2) is 4.79 Å². The van der Waals surface area contributed by atoms with Crippen LogP contribution in [0.25, 0.3) is 0 Å². The van der Waals surface area contributed by atoms with Crippen LogP contribution in [0.15, 0.2) is 53.0 Å². The molecule has 1 N–H and O–H groups in total. The van der Waals surface area contributed by atoms with Crippen molar-refractivity contribution in [2.24, 2.45) is 0 Å². The first-order valence-corrected chi connectivity index (χ1v) is 9.08. The first-order chi connectivity index (χ1) is 11.9. The van der Waals surface area contributed by atoms with E-state index in [2.05, 4.69) is 35.1 Å². The molecule has 132 valence electrons. The molecule has 0 radical (unpaired) electrons. The second kappa shape index (κ2) is 8.81. The van der Waals surface area contributed by atoms with E-state index in [-0.39, 0.29) is 5.91 Å². The van der Waals surface area contributed by atoms with E-state index in [9.17, 15) is 9.59 Å². The predicted octanol–water partition coefficient (Wildman–Crippen LogP) is 5.15. The summed E-state index contributed by atoms with van der Waals surface area (Å²) in [6, 6.07) is 14.6. The van der Waals surface area contributed by atoms with Gasteiger partial charge in [0.2, 0.25) is 0 Å². The van der Waals surface area contributed by atoms with Gasteiger partial charge < -0.3 is 10.1 Å². The van der Waals surface area contributed by atoms with Gasteiger partial charge in [-0.3, -0.25) is 4.79 Å².